The normalized spacial score (nSPS) is 13.4. The van der Waals surface area contributed by atoms with E-state index in [1.54, 1.807) is 26.8 Å². The van der Waals surface area contributed by atoms with E-state index in [9.17, 15) is 26.4 Å². The molecule has 0 fully saturated rings. The Morgan fingerprint density at radius 1 is 1.42 bits per heavy atom. The lowest BCUT2D eigenvalue weighted by molar-refractivity contribution is -0.197. The van der Waals surface area contributed by atoms with Crippen molar-refractivity contribution in [1.29, 1.82) is 0 Å². The summed E-state index contributed by atoms with van der Waals surface area (Å²) in [6.07, 6.45) is -8.17. The van der Waals surface area contributed by atoms with Gasteiger partial charge in [0.15, 0.2) is 0 Å². The van der Waals surface area contributed by atoms with Crippen molar-refractivity contribution >= 4 is 40.8 Å². The van der Waals surface area contributed by atoms with Crippen LogP contribution in [0.4, 0.5) is 24.5 Å². The SMILES string of the molecule is Bc1cc(C(=O)OC(CS(=O)(=O)O)C(F)(F)F)c(N)cc1N(C)C. The van der Waals surface area contributed by atoms with Crippen LogP contribution in [0.15, 0.2) is 12.1 Å². The predicted octanol–water partition coefficient (Wildman–Crippen LogP) is -0.431. The van der Waals surface area contributed by atoms with Crippen LogP contribution in [0, 0.1) is 0 Å². The van der Waals surface area contributed by atoms with E-state index in [0.717, 1.165) is 0 Å². The van der Waals surface area contributed by atoms with Crippen molar-refractivity contribution in [3.8, 4) is 0 Å². The molecule has 0 heterocycles. The van der Waals surface area contributed by atoms with Gasteiger partial charge in [-0.1, -0.05) is 5.46 Å². The van der Waals surface area contributed by atoms with Crippen molar-refractivity contribution in [2.24, 2.45) is 0 Å². The largest absolute Gasteiger partial charge is 0.448 e. The summed E-state index contributed by atoms with van der Waals surface area (Å²) in [5.74, 6) is -3.23. The fourth-order valence-electron chi connectivity index (χ4n) is 1.95. The predicted molar refractivity (Wildman–Crippen MR) is 85.0 cm³/mol. The Morgan fingerprint density at radius 2 is 1.96 bits per heavy atom. The summed E-state index contributed by atoms with van der Waals surface area (Å²) in [7, 11) is 0.0381. The molecule has 0 saturated carbocycles. The zero-order valence-electron chi connectivity index (χ0n) is 13.1. The van der Waals surface area contributed by atoms with Gasteiger partial charge >= 0.3 is 12.1 Å². The molecule has 1 aromatic carbocycles. The van der Waals surface area contributed by atoms with Gasteiger partial charge in [0, 0.05) is 25.5 Å². The minimum Gasteiger partial charge on any atom is -0.448 e. The second-order valence-corrected chi connectivity index (χ2v) is 6.80. The van der Waals surface area contributed by atoms with E-state index >= 15 is 0 Å². The number of alkyl halides is 3. The zero-order chi connectivity index (χ0) is 18.9. The lowest BCUT2D eigenvalue weighted by Gasteiger charge is -2.21. The number of anilines is 2. The van der Waals surface area contributed by atoms with Gasteiger partial charge in [0.05, 0.1) is 5.56 Å². The van der Waals surface area contributed by atoms with E-state index in [4.69, 9.17) is 10.3 Å². The topological polar surface area (TPSA) is 110 Å². The Labute approximate surface area is 137 Å². The monoisotopic (exact) mass is 368 g/mol. The summed E-state index contributed by atoms with van der Waals surface area (Å²) in [6.45, 7) is 0. The van der Waals surface area contributed by atoms with Crippen LogP contribution < -0.4 is 16.1 Å². The highest BCUT2D eigenvalue weighted by molar-refractivity contribution is 7.85. The smallest absolute Gasteiger partial charge is 0.426 e. The highest BCUT2D eigenvalue weighted by Crippen LogP contribution is 2.26. The van der Waals surface area contributed by atoms with Crippen molar-refractivity contribution < 1.29 is 35.7 Å². The van der Waals surface area contributed by atoms with Crippen molar-refractivity contribution in [2.75, 3.05) is 30.5 Å². The summed E-state index contributed by atoms with van der Waals surface area (Å²) < 4.78 is 72.5. The molecule has 1 unspecified atom stereocenters. The summed E-state index contributed by atoms with van der Waals surface area (Å²) >= 11 is 0. The Bertz CT molecular complexity index is 737. The molecule has 0 bridgehead atoms. The molecule has 1 aromatic rings. The summed E-state index contributed by atoms with van der Waals surface area (Å²) in [5, 5.41) is 0. The van der Waals surface area contributed by atoms with Crippen LogP contribution in [0.25, 0.3) is 0 Å². The zero-order valence-corrected chi connectivity index (χ0v) is 13.9. The van der Waals surface area contributed by atoms with Crippen LogP contribution >= 0.6 is 0 Å². The molecule has 0 aliphatic heterocycles. The minimum atomic E-state index is -5.17. The maximum Gasteiger partial charge on any atom is 0.426 e. The first-order valence-corrected chi connectivity index (χ1v) is 8.13. The summed E-state index contributed by atoms with van der Waals surface area (Å²) in [5.41, 5.74) is 6.41. The standard InChI is InChI=1S/C12H16BF3N2O5S/c1-18(2)9-4-8(17)6(3-7(9)13)11(19)23-10(12(14,15)16)5-24(20,21)22/h3-4,10H,5,13,17H2,1-2H3,(H,20,21,22). The third kappa shape index (κ3) is 5.30. The van der Waals surface area contributed by atoms with Crippen LogP contribution in [0.1, 0.15) is 10.4 Å². The quantitative estimate of drug-likeness (QED) is 0.314. The molecular weight excluding hydrogens is 352 g/mol. The van der Waals surface area contributed by atoms with Gasteiger partial charge < -0.3 is 15.4 Å². The van der Waals surface area contributed by atoms with Crippen molar-refractivity contribution in [3.05, 3.63) is 17.7 Å². The molecule has 24 heavy (non-hydrogen) atoms. The highest BCUT2D eigenvalue weighted by atomic mass is 32.2. The van der Waals surface area contributed by atoms with Gasteiger partial charge in [0.25, 0.3) is 10.1 Å². The second kappa shape index (κ2) is 6.89. The molecule has 0 radical (unpaired) electrons. The molecule has 1 atom stereocenters. The number of ether oxygens (including phenoxy) is 1. The number of nitrogens with zero attached hydrogens (tertiary/aromatic N) is 1. The number of nitrogen functional groups attached to an aromatic ring is 1. The number of carbonyl (C=O) groups is 1. The van der Waals surface area contributed by atoms with Crippen LogP contribution in [0.2, 0.25) is 0 Å². The molecule has 3 N–H and O–H groups in total. The fourth-order valence-corrected chi connectivity index (χ4v) is 2.59. The van der Waals surface area contributed by atoms with Gasteiger partial charge in [0.2, 0.25) is 6.10 Å². The van der Waals surface area contributed by atoms with Crippen LogP contribution in [0.5, 0.6) is 0 Å². The molecule has 12 heteroatoms. The molecule has 0 aliphatic rings. The number of nitrogens with two attached hydrogens (primary N) is 1. The molecule has 0 saturated heterocycles. The first-order valence-electron chi connectivity index (χ1n) is 6.52. The number of hydrogen-bond acceptors (Lipinski definition) is 6. The average Bonchev–Trinajstić information content (AvgIpc) is 2.37. The van der Waals surface area contributed by atoms with Crippen LogP contribution in [-0.4, -0.2) is 58.9 Å². The fraction of sp³-hybridized carbons (Fsp3) is 0.417. The lowest BCUT2D eigenvalue weighted by Crippen LogP contribution is -2.39. The minimum absolute atomic E-state index is 0.123. The third-order valence-corrected chi connectivity index (χ3v) is 3.77. The second-order valence-electron chi connectivity index (χ2n) is 5.30. The molecule has 0 spiro atoms. The molecule has 0 aliphatic carbocycles. The Morgan fingerprint density at radius 3 is 2.38 bits per heavy atom. The van der Waals surface area contributed by atoms with Crippen molar-refractivity contribution in [2.45, 2.75) is 12.3 Å². The average molecular weight is 368 g/mol. The number of hydrogen-bond donors (Lipinski definition) is 2. The van der Waals surface area contributed by atoms with Crippen molar-refractivity contribution in [1.82, 2.24) is 0 Å². The molecule has 0 aromatic heterocycles. The van der Waals surface area contributed by atoms with Crippen molar-refractivity contribution in [3.63, 3.8) is 0 Å². The lowest BCUT2D eigenvalue weighted by atomic mass is 9.91. The van der Waals surface area contributed by atoms with Gasteiger partial charge in [-0.2, -0.15) is 21.6 Å². The molecule has 1 rings (SSSR count). The molecule has 134 valence electrons. The van der Waals surface area contributed by atoms with Gasteiger partial charge in [-0.05, 0) is 12.1 Å². The third-order valence-electron chi connectivity index (χ3n) is 3.05. The van der Waals surface area contributed by atoms with Crippen LogP contribution in [-0.2, 0) is 14.9 Å². The number of rotatable bonds is 5. The molecular formula is C12H16BF3N2O5S. The van der Waals surface area contributed by atoms with Gasteiger partial charge in [-0.25, -0.2) is 4.79 Å². The van der Waals surface area contributed by atoms with E-state index in [1.165, 1.54) is 12.1 Å². The first kappa shape index (κ1) is 20.1. The highest BCUT2D eigenvalue weighted by Gasteiger charge is 2.45. The van der Waals surface area contributed by atoms with E-state index in [2.05, 4.69) is 4.74 Å². The number of halogens is 3. The van der Waals surface area contributed by atoms with E-state index in [1.807, 2.05) is 0 Å². The Hall–Kier alpha value is -1.95. The maximum absolute atomic E-state index is 12.8. The number of benzene rings is 1. The number of esters is 1. The van der Waals surface area contributed by atoms with E-state index in [0.29, 0.717) is 11.2 Å². The van der Waals surface area contributed by atoms with Gasteiger partial charge in [-0.3, -0.25) is 4.55 Å². The van der Waals surface area contributed by atoms with Crippen LogP contribution in [0.3, 0.4) is 0 Å². The van der Waals surface area contributed by atoms with E-state index < -0.39 is 34.1 Å². The maximum atomic E-state index is 12.8. The number of carbonyl (C=O) groups excluding carboxylic acids is 1. The summed E-state index contributed by atoms with van der Waals surface area (Å²) in [4.78, 5) is 13.6. The Kier molecular flexibility index (Phi) is 5.77. The molecule has 7 nitrogen and oxygen atoms in total. The summed E-state index contributed by atoms with van der Waals surface area (Å²) in [6, 6.07) is 2.63. The molecule has 0 amide bonds. The first-order chi connectivity index (χ1) is 10.7. The Balaban J connectivity index is 3.15. The van der Waals surface area contributed by atoms with Gasteiger partial charge in [0.1, 0.15) is 13.6 Å². The van der Waals surface area contributed by atoms with Gasteiger partial charge in [-0.15, -0.1) is 0 Å². The van der Waals surface area contributed by atoms with E-state index in [-0.39, 0.29) is 11.3 Å².